The summed E-state index contributed by atoms with van der Waals surface area (Å²) in [5.41, 5.74) is -0.795. The third kappa shape index (κ3) is 7.82. The summed E-state index contributed by atoms with van der Waals surface area (Å²) in [4.78, 5) is 11.7. The average molecular weight is 290 g/mol. The van der Waals surface area contributed by atoms with Gasteiger partial charge in [-0.05, 0) is 24.2 Å². The van der Waals surface area contributed by atoms with Gasteiger partial charge in [-0.3, -0.25) is 4.79 Å². The van der Waals surface area contributed by atoms with Gasteiger partial charge in [-0.2, -0.15) is 0 Å². The zero-order chi connectivity index (χ0) is 15.8. The fraction of sp³-hybridized carbons (Fsp3) is 0.933. The molecule has 20 heavy (non-hydrogen) atoms. The number of carbonyl (C=O) groups excluding carboxylic acids is 1. The van der Waals surface area contributed by atoms with Gasteiger partial charge in [0.25, 0.3) is 0 Å². The van der Waals surface area contributed by atoms with Crippen molar-refractivity contribution in [3.63, 3.8) is 0 Å². The van der Waals surface area contributed by atoms with Crippen LogP contribution in [0.1, 0.15) is 47.0 Å². The van der Waals surface area contributed by atoms with Crippen LogP contribution in [0, 0.1) is 16.7 Å². The highest BCUT2D eigenvalue weighted by Crippen LogP contribution is 2.26. The van der Waals surface area contributed by atoms with Crippen molar-refractivity contribution in [1.29, 1.82) is 0 Å². The number of aliphatic hydroxyl groups is 3. The molecule has 0 fully saturated rings. The van der Waals surface area contributed by atoms with Crippen molar-refractivity contribution in [2.24, 2.45) is 16.7 Å². The Hall–Kier alpha value is -0.650. The van der Waals surface area contributed by atoms with Gasteiger partial charge in [-0.1, -0.05) is 27.7 Å². The van der Waals surface area contributed by atoms with Crippen LogP contribution >= 0.6 is 0 Å². The van der Waals surface area contributed by atoms with Crippen molar-refractivity contribution in [2.45, 2.75) is 47.0 Å². The van der Waals surface area contributed by atoms with E-state index in [1.807, 2.05) is 6.92 Å². The van der Waals surface area contributed by atoms with Crippen LogP contribution in [-0.2, 0) is 9.53 Å². The SMILES string of the molecule is CC(CC(=O)OCCC(CO)(CO)CO)CC(C)(C)C. The van der Waals surface area contributed by atoms with E-state index in [9.17, 15) is 4.79 Å². The summed E-state index contributed by atoms with van der Waals surface area (Å²) in [5.74, 6) is -0.0229. The number of rotatable bonds is 9. The highest BCUT2D eigenvalue weighted by Gasteiger charge is 2.28. The second-order valence-electron chi connectivity index (χ2n) is 7.02. The molecule has 0 aromatic rings. The van der Waals surface area contributed by atoms with Crippen molar-refractivity contribution < 1.29 is 24.9 Å². The van der Waals surface area contributed by atoms with E-state index in [2.05, 4.69) is 20.8 Å². The lowest BCUT2D eigenvalue weighted by atomic mass is 9.84. The minimum absolute atomic E-state index is 0.1000. The van der Waals surface area contributed by atoms with E-state index in [0.717, 1.165) is 6.42 Å². The van der Waals surface area contributed by atoms with Crippen LogP contribution in [-0.4, -0.2) is 47.7 Å². The lowest BCUT2D eigenvalue weighted by Gasteiger charge is -2.27. The Labute approximate surface area is 122 Å². The molecule has 120 valence electrons. The van der Waals surface area contributed by atoms with Crippen LogP contribution in [0.2, 0.25) is 0 Å². The third-order valence-corrected chi connectivity index (χ3v) is 3.38. The first-order valence-corrected chi connectivity index (χ1v) is 7.16. The Morgan fingerprint density at radius 1 is 1.10 bits per heavy atom. The predicted octanol–water partition coefficient (Wildman–Crippen LogP) is 1.35. The summed E-state index contributed by atoms with van der Waals surface area (Å²) in [6.07, 6.45) is 1.55. The molecule has 0 aromatic carbocycles. The lowest BCUT2D eigenvalue weighted by Crippen LogP contribution is -2.35. The third-order valence-electron chi connectivity index (χ3n) is 3.38. The monoisotopic (exact) mass is 290 g/mol. The first-order chi connectivity index (χ1) is 9.18. The maximum Gasteiger partial charge on any atom is 0.306 e. The average Bonchev–Trinajstić information content (AvgIpc) is 2.32. The smallest absolute Gasteiger partial charge is 0.306 e. The molecule has 5 heteroatoms. The topological polar surface area (TPSA) is 87.0 Å². The number of esters is 1. The van der Waals surface area contributed by atoms with Gasteiger partial charge in [0.2, 0.25) is 0 Å². The van der Waals surface area contributed by atoms with Crippen LogP contribution in [0.15, 0.2) is 0 Å². The molecule has 0 saturated carbocycles. The molecule has 0 amide bonds. The number of hydrogen-bond donors (Lipinski definition) is 3. The molecule has 0 spiro atoms. The maximum atomic E-state index is 11.7. The van der Waals surface area contributed by atoms with Crippen LogP contribution < -0.4 is 0 Å². The van der Waals surface area contributed by atoms with E-state index >= 15 is 0 Å². The van der Waals surface area contributed by atoms with Crippen molar-refractivity contribution >= 4 is 5.97 Å². The first-order valence-electron chi connectivity index (χ1n) is 7.16. The maximum absolute atomic E-state index is 11.7. The molecule has 3 N–H and O–H groups in total. The number of hydrogen-bond acceptors (Lipinski definition) is 5. The molecular formula is C15H30O5. The van der Waals surface area contributed by atoms with E-state index in [4.69, 9.17) is 20.1 Å². The quantitative estimate of drug-likeness (QED) is 0.558. The van der Waals surface area contributed by atoms with Crippen LogP contribution in [0.4, 0.5) is 0 Å². The summed E-state index contributed by atoms with van der Waals surface area (Å²) < 4.78 is 5.12. The zero-order valence-electron chi connectivity index (χ0n) is 13.2. The minimum Gasteiger partial charge on any atom is -0.466 e. The molecular weight excluding hydrogens is 260 g/mol. The van der Waals surface area contributed by atoms with E-state index in [-0.39, 0.29) is 50.2 Å². The fourth-order valence-electron chi connectivity index (χ4n) is 2.23. The fourth-order valence-corrected chi connectivity index (χ4v) is 2.23. The normalized spacial score (nSPS) is 14.2. The molecule has 0 rings (SSSR count). The summed E-state index contributed by atoms with van der Waals surface area (Å²) in [7, 11) is 0. The first kappa shape index (κ1) is 19.4. The highest BCUT2D eigenvalue weighted by atomic mass is 16.5. The van der Waals surface area contributed by atoms with Crippen molar-refractivity contribution in [1.82, 2.24) is 0 Å². The molecule has 0 saturated heterocycles. The van der Waals surface area contributed by atoms with Crippen LogP contribution in [0.5, 0.6) is 0 Å². The highest BCUT2D eigenvalue weighted by molar-refractivity contribution is 5.69. The standard InChI is InChI=1S/C15H30O5/c1-12(8-14(2,3)4)7-13(19)20-6-5-15(9-16,10-17)11-18/h12,16-18H,5-11H2,1-4H3. The number of ether oxygens (including phenoxy) is 1. The van der Waals surface area contributed by atoms with E-state index in [1.54, 1.807) is 0 Å². The summed E-state index contributed by atoms with van der Waals surface area (Å²) in [6.45, 7) is 7.51. The largest absolute Gasteiger partial charge is 0.466 e. The summed E-state index contributed by atoms with van der Waals surface area (Å²) in [6, 6.07) is 0. The second-order valence-corrected chi connectivity index (χ2v) is 7.02. The van der Waals surface area contributed by atoms with E-state index < -0.39 is 5.41 Å². The van der Waals surface area contributed by atoms with Gasteiger partial charge in [0, 0.05) is 11.8 Å². The molecule has 0 aromatic heterocycles. The molecule has 0 aliphatic rings. The van der Waals surface area contributed by atoms with Gasteiger partial charge in [0.05, 0.1) is 26.4 Å². The van der Waals surface area contributed by atoms with Crippen molar-refractivity contribution in [2.75, 3.05) is 26.4 Å². The zero-order valence-corrected chi connectivity index (χ0v) is 13.2. The van der Waals surface area contributed by atoms with Crippen LogP contribution in [0.25, 0.3) is 0 Å². The van der Waals surface area contributed by atoms with E-state index in [0.29, 0.717) is 6.42 Å². The van der Waals surface area contributed by atoms with Gasteiger partial charge >= 0.3 is 5.97 Å². The molecule has 1 atom stereocenters. The Bertz CT molecular complexity index is 270. The van der Waals surface area contributed by atoms with Gasteiger partial charge in [0.1, 0.15) is 0 Å². The van der Waals surface area contributed by atoms with Gasteiger partial charge < -0.3 is 20.1 Å². The molecule has 0 radical (unpaired) electrons. The Kier molecular flexibility index (Phi) is 8.32. The minimum atomic E-state index is -0.975. The number of aliphatic hydroxyl groups excluding tert-OH is 3. The molecule has 0 bridgehead atoms. The summed E-state index contributed by atoms with van der Waals surface area (Å²) >= 11 is 0. The van der Waals surface area contributed by atoms with Crippen molar-refractivity contribution in [3.8, 4) is 0 Å². The summed E-state index contributed by atoms with van der Waals surface area (Å²) in [5, 5.41) is 27.5. The molecule has 5 nitrogen and oxygen atoms in total. The molecule has 1 unspecified atom stereocenters. The van der Waals surface area contributed by atoms with Gasteiger partial charge in [0.15, 0.2) is 0 Å². The van der Waals surface area contributed by atoms with Gasteiger partial charge in [-0.15, -0.1) is 0 Å². The Morgan fingerprint density at radius 2 is 1.60 bits per heavy atom. The van der Waals surface area contributed by atoms with E-state index in [1.165, 1.54) is 0 Å². The second kappa shape index (κ2) is 8.60. The Morgan fingerprint density at radius 3 is 2.00 bits per heavy atom. The lowest BCUT2D eigenvalue weighted by molar-refractivity contribution is -0.146. The Balaban J connectivity index is 4.05. The predicted molar refractivity (Wildman–Crippen MR) is 77.1 cm³/mol. The number of carbonyl (C=O) groups is 1. The molecule has 0 heterocycles. The molecule has 0 aliphatic carbocycles. The van der Waals surface area contributed by atoms with Crippen LogP contribution in [0.3, 0.4) is 0 Å². The van der Waals surface area contributed by atoms with Gasteiger partial charge in [-0.25, -0.2) is 0 Å². The molecule has 0 aliphatic heterocycles. The van der Waals surface area contributed by atoms with Crippen molar-refractivity contribution in [3.05, 3.63) is 0 Å².